The standard InChI is InChI=1S/C23H26N4O4/c1-3-31-23(29)26-14-12-25(13-15-26)16-27-20-7-5-4-6-19(20)21(22(27)28)24-17-8-10-18(30-2)11-9-17/h4-11H,3,12-16H2,1-2H3/p+1. The summed E-state index contributed by atoms with van der Waals surface area (Å²) < 4.78 is 10.3. The van der Waals surface area contributed by atoms with Crippen LogP contribution in [0.1, 0.15) is 12.5 Å². The van der Waals surface area contributed by atoms with E-state index in [-0.39, 0.29) is 12.0 Å². The van der Waals surface area contributed by atoms with E-state index in [1.54, 1.807) is 23.8 Å². The Morgan fingerprint density at radius 3 is 2.48 bits per heavy atom. The van der Waals surface area contributed by atoms with E-state index in [0.717, 1.165) is 30.1 Å². The fourth-order valence-corrected chi connectivity index (χ4v) is 3.91. The molecule has 162 valence electrons. The van der Waals surface area contributed by atoms with E-state index in [4.69, 9.17) is 9.47 Å². The van der Waals surface area contributed by atoms with Crippen LogP contribution in [-0.4, -0.2) is 69.2 Å². The Hall–Kier alpha value is -3.39. The van der Waals surface area contributed by atoms with Gasteiger partial charge >= 0.3 is 6.09 Å². The lowest BCUT2D eigenvalue weighted by molar-refractivity contribution is -0.902. The number of quaternary nitrogens is 1. The predicted octanol–water partition coefficient (Wildman–Crippen LogP) is 1.48. The Bertz CT molecular complexity index is 981. The van der Waals surface area contributed by atoms with Crippen LogP contribution in [0.4, 0.5) is 16.2 Å². The molecule has 1 N–H and O–H groups in total. The van der Waals surface area contributed by atoms with Gasteiger partial charge in [-0.05, 0) is 37.3 Å². The molecule has 0 spiro atoms. The van der Waals surface area contributed by atoms with Gasteiger partial charge in [0.25, 0.3) is 5.91 Å². The first-order chi connectivity index (χ1) is 15.1. The normalized spacial score (nSPS) is 17.7. The fraction of sp³-hybridized carbons (Fsp3) is 0.348. The predicted molar refractivity (Wildman–Crippen MR) is 117 cm³/mol. The van der Waals surface area contributed by atoms with Crippen LogP contribution in [0.2, 0.25) is 0 Å². The van der Waals surface area contributed by atoms with Gasteiger partial charge in [-0.15, -0.1) is 0 Å². The summed E-state index contributed by atoms with van der Waals surface area (Å²) in [4.78, 5) is 34.6. The molecule has 0 unspecified atom stereocenters. The van der Waals surface area contributed by atoms with Crippen molar-refractivity contribution < 1.29 is 24.0 Å². The first-order valence-corrected chi connectivity index (χ1v) is 10.5. The summed E-state index contributed by atoms with van der Waals surface area (Å²) in [6.45, 7) is 5.47. The molecular formula is C23H27N4O4+. The molecule has 0 atom stereocenters. The molecule has 0 bridgehead atoms. The maximum atomic E-state index is 13.3. The molecule has 31 heavy (non-hydrogen) atoms. The van der Waals surface area contributed by atoms with Gasteiger partial charge in [0.05, 0.1) is 51.3 Å². The number of piperazine rings is 1. The Morgan fingerprint density at radius 1 is 1.10 bits per heavy atom. The van der Waals surface area contributed by atoms with Crippen molar-refractivity contribution >= 4 is 29.1 Å². The maximum Gasteiger partial charge on any atom is 0.410 e. The topological polar surface area (TPSA) is 75.9 Å². The SMILES string of the molecule is CCOC(=O)N1CC[NH+](CN2C(=O)C(=Nc3ccc(OC)cc3)c3ccccc32)CC1. The number of nitrogens with one attached hydrogen (secondary N) is 1. The van der Waals surface area contributed by atoms with Gasteiger partial charge in [-0.3, -0.25) is 14.6 Å². The zero-order valence-corrected chi connectivity index (χ0v) is 17.8. The van der Waals surface area contributed by atoms with Gasteiger partial charge in [-0.25, -0.2) is 9.79 Å². The van der Waals surface area contributed by atoms with E-state index >= 15 is 0 Å². The molecule has 4 rings (SSSR count). The molecule has 2 aromatic carbocycles. The van der Waals surface area contributed by atoms with Crippen LogP contribution in [0.25, 0.3) is 0 Å². The van der Waals surface area contributed by atoms with Crippen LogP contribution in [0.5, 0.6) is 5.75 Å². The third-order valence-electron chi connectivity index (χ3n) is 5.59. The lowest BCUT2D eigenvalue weighted by Crippen LogP contribution is -3.16. The number of hydrogen-bond acceptors (Lipinski definition) is 5. The number of amides is 2. The van der Waals surface area contributed by atoms with Gasteiger partial charge in [0.2, 0.25) is 0 Å². The van der Waals surface area contributed by atoms with E-state index in [1.165, 1.54) is 4.90 Å². The number of hydrogen-bond donors (Lipinski definition) is 1. The average molecular weight is 423 g/mol. The summed E-state index contributed by atoms with van der Waals surface area (Å²) in [6.07, 6.45) is -0.266. The minimum Gasteiger partial charge on any atom is -0.497 e. The van der Waals surface area contributed by atoms with Crippen molar-refractivity contribution in [2.45, 2.75) is 6.92 Å². The largest absolute Gasteiger partial charge is 0.497 e. The highest BCUT2D eigenvalue weighted by Gasteiger charge is 2.37. The molecule has 1 saturated heterocycles. The average Bonchev–Trinajstić information content (AvgIpc) is 3.06. The van der Waals surface area contributed by atoms with Crippen molar-refractivity contribution in [3.63, 3.8) is 0 Å². The molecule has 0 saturated carbocycles. The lowest BCUT2D eigenvalue weighted by Gasteiger charge is -2.33. The quantitative estimate of drug-likeness (QED) is 0.791. The molecule has 2 heterocycles. The molecule has 8 heteroatoms. The van der Waals surface area contributed by atoms with Crippen LogP contribution < -0.4 is 14.5 Å². The second-order valence-corrected chi connectivity index (χ2v) is 7.50. The van der Waals surface area contributed by atoms with Crippen molar-refractivity contribution in [3.05, 3.63) is 54.1 Å². The highest BCUT2D eigenvalue weighted by molar-refractivity contribution is 6.54. The smallest absolute Gasteiger partial charge is 0.410 e. The number of ether oxygens (including phenoxy) is 2. The number of fused-ring (bicyclic) bond motifs is 1. The summed E-state index contributed by atoms with van der Waals surface area (Å²) in [5.41, 5.74) is 2.87. The van der Waals surface area contributed by atoms with Gasteiger partial charge in [-0.2, -0.15) is 0 Å². The molecule has 2 amide bonds. The Labute approximate surface area is 181 Å². The van der Waals surface area contributed by atoms with Crippen LogP contribution in [0, 0.1) is 0 Å². The molecule has 1 fully saturated rings. The Morgan fingerprint density at radius 2 is 1.81 bits per heavy atom. The third-order valence-corrected chi connectivity index (χ3v) is 5.59. The van der Waals surface area contributed by atoms with Crippen LogP contribution in [-0.2, 0) is 9.53 Å². The van der Waals surface area contributed by atoms with E-state index in [9.17, 15) is 9.59 Å². The van der Waals surface area contributed by atoms with Gasteiger partial charge < -0.3 is 14.4 Å². The van der Waals surface area contributed by atoms with Crippen molar-refractivity contribution in [1.82, 2.24) is 4.90 Å². The number of benzene rings is 2. The molecular weight excluding hydrogens is 396 g/mol. The molecule has 8 nitrogen and oxygen atoms in total. The molecule has 2 aliphatic rings. The summed E-state index contributed by atoms with van der Waals surface area (Å²) in [7, 11) is 1.62. The van der Waals surface area contributed by atoms with Gasteiger partial charge in [0.1, 0.15) is 11.5 Å². The molecule has 0 radical (unpaired) electrons. The number of anilines is 1. The van der Waals surface area contributed by atoms with Crippen molar-refractivity contribution in [2.75, 3.05) is 51.5 Å². The second kappa shape index (κ2) is 9.18. The van der Waals surface area contributed by atoms with E-state index in [1.807, 2.05) is 48.5 Å². The van der Waals surface area contributed by atoms with Crippen molar-refractivity contribution in [1.29, 1.82) is 0 Å². The van der Waals surface area contributed by atoms with E-state index in [0.29, 0.717) is 37.8 Å². The van der Waals surface area contributed by atoms with Gasteiger partial charge in [-0.1, -0.05) is 18.2 Å². The zero-order chi connectivity index (χ0) is 21.8. The number of carbonyl (C=O) groups excluding carboxylic acids is 2. The number of carbonyl (C=O) groups is 2. The fourth-order valence-electron chi connectivity index (χ4n) is 3.91. The summed E-state index contributed by atoms with van der Waals surface area (Å²) in [5.74, 6) is 0.645. The minimum absolute atomic E-state index is 0.0997. The zero-order valence-electron chi connectivity index (χ0n) is 17.8. The Balaban J connectivity index is 1.50. The van der Waals surface area contributed by atoms with E-state index in [2.05, 4.69) is 4.99 Å². The van der Waals surface area contributed by atoms with Gasteiger partial charge in [0, 0.05) is 5.56 Å². The molecule has 0 aromatic heterocycles. The third kappa shape index (κ3) is 4.39. The molecule has 2 aromatic rings. The number of methoxy groups -OCH3 is 1. The summed E-state index contributed by atoms with van der Waals surface area (Å²) >= 11 is 0. The van der Waals surface area contributed by atoms with Crippen LogP contribution in [0.3, 0.4) is 0 Å². The van der Waals surface area contributed by atoms with Crippen LogP contribution >= 0.6 is 0 Å². The maximum absolute atomic E-state index is 13.3. The van der Waals surface area contributed by atoms with Crippen LogP contribution in [0.15, 0.2) is 53.5 Å². The van der Waals surface area contributed by atoms with Crippen molar-refractivity contribution in [2.24, 2.45) is 4.99 Å². The number of nitrogens with zero attached hydrogens (tertiary/aromatic N) is 3. The highest BCUT2D eigenvalue weighted by atomic mass is 16.6. The number of aliphatic imine (C=N–C) groups is 1. The first-order valence-electron chi connectivity index (χ1n) is 10.5. The minimum atomic E-state index is -0.266. The second-order valence-electron chi connectivity index (χ2n) is 7.50. The van der Waals surface area contributed by atoms with E-state index < -0.39 is 0 Å². The number of para-hydroxylation sites is 1. The molecule has 2 aliphatic heterocycles. The number of rotatable bonds is 5. The summed E-state index contributed by atoms with van der Waals surface area (Å²) in [6, 6.07) is 15.1. The summed E-state index contributed by atoms with van der Waals surface area (Å²) in [5, 5.41) is 0. The highest BCUT2D eigenvalue weighted by Crippen LogP contribution is 2.30. The Kier molecular flexibility index (Phi) is 6.18. The first kappa shape index (κ1) is 20.9. The van der Waals surface area contributed by atoms with Crippen molar-refractivity contribution in [3.8, 4) is 5.75 Å². The van der Waals surface area contributed by atoms with Gasteiger partial charge in [0.15, 0.2) is 6.67 Å². The lowest BCUT2D eigenvalue weighted by atomic mass is 10.1. The monoisotopic (exact) mass is 423 g/mol. The molecule has 0 aliphatic carbocycles.